The van der Waals surface area contributed by atoms with Gasteiger partial charge in [-0.25, -0.2) is 4.98 Å². The Morgan fingerprint density at radius 3 is 2.61 bits per heavy atom. The molecule has 0 aliphatic heterocycles. The molecule has 6 nitrogen and oxygen atoms in total. The van der Waals surface area contributed by atoms with Crippen LogP contribution in [0.1, 0.15) is 30.9 Å². The molecule has 0 saturated carbocycles. The van der Waals surface area contributed by atoms with Crippen molar-refractivity contribution in [3.63, 3.8) is 0 Å². The lowest BCUT2D eigenvalue weighted by molar-refractivity contribution is 0.475. The van der Waals surface area contributed by atoms with Crippen molar-refractivity contribution >= 4 is 11.9 Å². The lowest BCUT2D eigenvalue weighted by Gasteiger charge is -2.09. The van der Waals surface area contributed by atoms with Crippen molar-refractivity contribution in [1.82, 2.24) is 9.97 Å². The zero-order valence-corrected chi connectivity index (χ0v) is 16.6. The van der Waals surface area contributed by atoms with Gasteiger partial charge in [-0.05, 0) is 36.6 Å². The van der Waals surface area contributed by atoms with E-state index in [0.29, 0.717) is 24.5 Å². The van der Waals surface area contributed by atoms with E-state index < -0.39 is 0 Å². The highest BCUT2D eigenvalue weighted by molar-refractivity contribution is 5.82. The minimum absolute atomic E-state index is 0.233. The van der Waals surface area contributed by atoms with Gasteiger partial charge >= 0.3 is 0 Å². The van der Waals surface area contributed by atoms with Crippen molar-refractivity contribution in [2.45, 2.75) is 27.2 Å². The average molecular weight is 380 g/mol. The first kappa shape index (κ1) is 22.6. The number of allylic oxidation sites excluding steroid dienone is 3. The molecule has 1 aromatic heterocycles. The molecule has 0 spiro atoms. The van der Waals surface area contributed by atoms with E-state index >= 15 is 0 Å². The van der Waals surface area contributed by atoms with E-state index in [9.17, 15) is 9.90 Å². The minimum Gasteiger partial charge on any atom is -0.508 e. The molecule has 2 aromatic rings. The van der Waals surface area contributed by atoms with Crippen LogP contribution in [0.5, 0.6) is 5.75 Å². The fourth-order valence-electron chi connectivity index (χ4n) is 2.35. The van der Waals surface area contributed by atoms with Crippen LogP contribution in [0.2, 0.25) is 0 Å². The number of aromatic nitrogens is 2. The molecule has 0 saturated heterocycles. The van der Waals surface area contributed by atoms with E-state index in [4.69, 9.17) is 5.41 Å². The molecule has 0 aliphatic rings. The van der Waals surface area contributed by atoms with Crippen LogP contribution in [0, 0.1) is 12.3 Å². The zero-order valence-electron chi connectivity index (χ0n) is 16.6. The largest absolute Gasteiger partial charge is 0.508 e. The van der Waals surface area contributed by atoms with E-state index in [-0.39, 0.29) is 17.0 Å². The maximum atomic E-state index is 12.1. The average Bonchev–Trinajstić information content (AvgIpc) is 2.70. The van der Waals surface area contributed by atoms with Crippen molar-refractivity contribution in [2.75, 3.05) is 11.9 Å². The highest BCUT2D eigenvalue weighted by Crippen LogP contribution is 2.12. The number of hydrogen-bond acceptors (Lipinski definition) is 5. The molecule has 28 heavy (non-hydrogen) atoms. The second-order valence-electron chi connectivity index (χ2n) is 5.65. The molecule has 0 atom stereocenters. The van der Waals surface area contributed by atoms with E-state index in [1.54, 1.807) is 25.1 Å². The Morgan fingerprint density at radius 2 is 2.00 bits per heavy atom. The number of phenols is 1. The molecule has 0 unspecified atom stereocenters. The fourth-order valence-corrected chi connectivity index (χ4v) is 2.35. The molecule has 0 bridgehead atoms. The third-order valence-corrected chi connectivity index (χ3v) is 3.65. The molecule has 0 radical (unpaired) electrons. The fraction of sp³-hybridized carbons (Fsp3) is 0.227. The number of aryl methyl sites for hydroxylation is 1. The van der Waals surface area contributed by atoms with Gasteiger partial charge in [0.2, 0.25) is 0 Å². The van der Waals surface area contributed by atoms with Gasteiger partial charge < -0.3 is 20.8 Å². The minimum atomic E-state index is -0.304. The van der Waals surface area contributed by atoms with Gasteiger partial charge in [-0.15, -0.1) is 0 Å². The number of hydrogen-bond donors (Lipinski definition) is 4. The number of rotatable bonds is 8. The van der Waals surface area contributed by atoms with E-state index in [2.05, 4.69) is 21.9 Å². The van der Waals surface area contributed by atoms with Gasteiger partial charge in [-0.3, -0.25) is 4.79 Å². The third-order valence-electron chi connectivity index (χ3n) is 3.65. The van der Waals surface area contributed by atoms with E-state index in [1.807, 2.05) is 44.2 Å². The number of benzene rings is 1. The molecule has 4 N–H and O–H groups in total. The van der Waals surface area contributed by atoms with Gasteiger partial charge in [0.05, 0.1) is 0 Å². The summed E-state index contributed by atoms with van der Waals surface area (Å²) in [6.45, 7) is 9.75. The van der Waals surface area contributed by atoms with Gasteiger partial charge in [0, 0.05) is 12.8 Å². The molecule has 0 aliphatic carbocycles. The van der Waals surface area contributed by atoms with Gasteiger partial charge in [0.1, 0.15) is 23.0 Å². The highest BCUT2D eigenvalue weighted by atomic mass is 16.3. The Balaban J connectivity index is 0.00000190. The number of aromatic hydroxyl groups is 1. The molecule has 6 heteroatoms. The van der Waals surface area contributed by atoms with Crippen molar-refractivity contribution in [3.05, 3.63) is 88.2 Å². The second kappa shape index (κ2) is 12.1. The lowest BCUT2D eigenvalue weighted by atomic mass is 10.1. The number of aromatic amines is 1. The van der Waals surface area contributed by atoms with E-state index in [0.717, 1.165) is 17.4 Å². The van der Waals surface area contributed by atoms with Crippen LogP contribution in [0.4, 0.5) is 5.69 Å². The summed E-state index contributed by atoms with van der Waals surface area (Å²) in [5.41, 5.74) is 2.28. The van der Waals surface area contributed by atoms with E-state index in [1.165, 1.54) is 0 Å². The van der Waals surface area contributed by atoms with Crippen LogP contribution in [-0.4, -0.2) is 27.8 Å². The summed E-state index contributed by atoms with van der Waals surface area (Å²) in [7, 11) is 0. The number of phenolic OH excluding ortho intramolecular Hbond substituents is 1. The maximum absolute atomic E-state index is 12.1. The van der Waals surface area contributed by atoms with Crippen LogP contribution in [0.3, 0.4) is 0 Å². The number of nitrogens with one attached hydrogen (secondary N) is 3. The quantitative estimate of drug-likeness (QED) is 0.408. The Bertz CT molecular complexity index is 894. The van der Waals surface area contributed by atoms with Crippen LogP contribution >= 0.6 is 0 Å². The third kappa shape index (κ3) is 7.07. The predicted octanol–water partition coefficient (Wildman–Crippen LogP) is 4.13. The predicted molar refractivity (Wildman–Crippen MR) is 117 cm³/mol. The molecule has 2 rings (SSSR count). The first-order valence-corrected chi connectivity index (χ1v) is 9.14. The van der Waals surface area contributed by atoms with Gasteiger partial charge in [-0.1, -0.05) is 56.9 Å². The Kier molecular flexibility index (Phi) is 9.75. The van der Waals surface area contributed by atoms with Crippen molar-refractivity contribution in [3.8, 4) is 5.75 Å². The number of anilines is 1. The SMILES string of the molecule is C=C/C=C\C(=C/Cc1ccc(O)cc1)CNc1c(C=N)nc(C)[nH]c1=O.CC. The molecular weight excluding hydrogens is 352 g/mol. The van der Waals surface area contributed by atoms with Crippen LogP contribution in [0.15, 0.2) is 65.5 Å². The summed E-state index contributed by atoms with van der Waals surface area (Å²) < 4.78 is 0. The summed E-state index contributed by atoms with van der Waals surface area (Å²) >= 11 is 0. The first-order valence-electron chi connectivity index (χ1n) is 9.14. The van der Waals surface area contributed by atoms with Crippen LogP contribution < -0.4 is 10.9 Å². The molecule has 1 heterocycles. The zero-order chi connectivity index (χ0) is 20.9. The van der Waals surface area contributed by atoms with Gasteiger partial charge in [0.25, 0.3) is 5.56 Å². The maximum Gasteiger partial charge on any atom is 0.274 e. The summed E-state index contributed by atoms with van der Waals surface area (Å²) in [5.74, 6) is 0.699. The van der Waals surface area contributed by atoms with Crippen LogP contribution in [-0.2, 0) is 6.42 Å². The van der Waals surface area contributed by atoms with Crippen molar-refractivity contribution in [1.29, 1.82) is 5.41 Å². The van der Waals surface area contributed by atoms with Crippen molar-refractivity contribution in [2.24, 2.45) is 0 Å². The summed E-state index contributed by atoms with van der Waals surface area (Å²) in [4.78, 5) is 18.9. The smallest absolute Gasteiger partial charge is 0.274 e. The first-order chi connectivity index (χ1) is 13.5. The normalized spacial score (nSPS) is 10.9. The molecular formula is C22H28N4O2. The summed E-state index contributed by atoms with van der Waals surface area (Å²) in [5, 5.41) is 19.9. The Labute approximate surface area is 165 Å². The molecule has 1 aromatic carbocycles. The summed E-state index contributed by atoms with van der Waals surface area (Å²) in [6, 6.07) is 7.01. The molecule has 148 valence electrons. The highest BCUT2D eigenvalue weighted by Gasteiger charge is 2.08. The van der Waals surface area contributed by atoms with Crippen molar-refractivity contribution < 1.29 is 5.11 Å². The van der Waals surface area contributed by atoms with Gasteiger partial charge in [0.15, 0.2) is 0 Å². The van der Waals surface area contributed by atoms with Crippen LogP contribution in [0.25, 0.3) is 0 Å². The Morgan fingerprint density at radius 1 is 1.32 bits per heavy atom. The second-order valence-corrected chi connectivity index (χ2v) is 5.65. The Hall–Kier alpha value is -3.41. The topological polar surface area (TPSA) is 102 Å². The molecule has 0 amide bonds. The summed E-state index contributed by atoms with van der Waals surface area (Å²) in [6.07, 6.45) is 9.17. The molecule has 0 fully saturated rings. The number of H-pyrrole nitrogens is 1. The number of nitrogens with zero attached hydrogens (tertiary/aromatic N) is 1. The lowest BCUT2D eigenvalue weighted by Crippen LogP contribution is -2.20. The monoisotopic (exact) mass is 380 g/mol. The van der Waals surface area contributed by atoms with Gasteiger partial charge in [-0.2, -0.15) is 0 Å². The standard InChI is InChI=1S/C20H22N4O2.C2H6/c1-3-4-5-16(7-6-15-8-10-17(25)11-9-15)13-22-19-18(12-21)23-14(2)24-20(19)26;1-2/h3-5,7-12,21-22,25H,1,6,13H2,2H3,(H,23,24,26);1-2H3/b5-4-,16-7+,21-12?;.